The number of nitrogens with one attached hydrogen (secondary N) is 2. The summed E-state index contributed by atoms with van der Waals surface area (Å²) in [6.07, 6.45) is 0.696. The van der Waals surface area contributed by atoms with Gasteiger partial charge in [0.05, 0.1) is 11.1 Å². The monoisotopic (exact) mass is 448 g/mol. The number of ether oxygens (including phenoxy) is 3. The van der Waals surface area contributed by atoms with Crippen LogP contribution >= 0.6 is 15.9 Å². The molecule has 1 aliphatic rings. The predicted octanol–water partition coefficient (Wildman–Crippen LogP) is 5.07. The molecule has 0 radical (unpaired) electrons. The minimum absolute atomic E-state index is 0.0936. The van der Waals surface area contributed by atoms with Gasteiger partial charge >= 0.3 is 6.03 Å². The van der Waals surface area contributed by atoms with Crippen molar-refractivity contribution < 1.29 is 19.0 Å². The van der Waals surface area contributed by atoms with E-state index in [4.69, 9.17) is 14.2 Å². The van der Waals surface area contributed by atoms with E-state index in [-0.39, 0.29) is 18.2 Å². The lowest BCUT2D eigenvalue weighted by atomic mass is 9.87. The highest BCUT2D eigenvalue weighted by Crippen LogP contribution is 2.34. The Hall–Kier alpha value is -2.41. The molecular weight excluding hydrogens is 424 g/mol. The molecule has 1 heterocycles. The summed E-state index contributed by atoms with van der Waals surface area (Å²) < 4.78 is 17.3. The van der Waals surface area contributed by atoms with E-state index in [1.165, 1.54) is 5.56 Å². The average molecular weight is 449 g/mol. The van der Waals surface area contributed by atoms with Crippen LogP contribution in [0.4, 0.5) is 10.5 Å². The van der Waals surface area contributed by atoms with E-state index >= 15 is 0 Å². The van der Waals surface area contributed by atoms with Crippen LogP contribution < -0.4 is 24.8 Å². The van der Waals surface area contributed by atoms with Crippen molar-refractivity contribution in [2.24, 2.45) is 0 Å². The van der Waals surface area contributed by atoms with Crippen molar-refractivity contribution in [3.8, 4) is 17.2 Å². The third-order valence-corrected chi connectivity index (χ3v) is 4.91. The summed E-state index contributed by atoms with van der Waals surface area (Å²) in [5, 5.41) is 5.59. The molecule has 0 spiro atoms. The van der Waals surface area contributed by atoms with Crippen LogP contribution in [-0.2, 0) is 5.41 Å². The molecule has 0 unspecified atom stereocenters. The zero-order chi connectivity index (χ0) is 20.1. The number of benzene rings is 2. The van der Waals surface area contributed by atoms with E-state index in [0.29, 0.717) is 36.8 Å². The first-order valence-corrected chi connectivity index (χ1v) is 9.99. The first-order valence-electron chi connectivity index (χ1n) is 9.20. The summed E-state index contributed by atoms with van der Waals surface area (Å²) in [4.78, 5) is 12.0. The van der Waals surface area contributed by atoms with Crippen LogP contribution in [0.1, 0.15) is 32.8 Å². The van der Waals surface area contributed by atoms with Gasteiger partial charge in [-0.1, -0.05) is 26.8 Å². The van der Waals surface area contributed by atoms with Crippen molar-refractivity contribution in [1.29, 1.82) is 0 Å². The van der Waals surface area contributed by atoms with Gasteiger partial charge in [0.25, 0.3) is 0 Å². The van der Waals surface area contributed by atoms with Gasteiger partial charge in [-0.3, -0.25) is 0 Å². The van der Waals surface area contributed by atoms with Crippen LogP contribution in [0.15, 0.2) is 40.9 Å². The Bertz CT molecular complexity index is 849. The molecule has 2 amide bonds. The van der Waals surface area contributed by atoms with Gasteiger partial charge < -0.3 is 24.8 Å². The number of urea groups is 1. The molecular formula is C21H25BrN2O4. The van der Waals surface area contributed by atoms with E-state index < -0.39 is 0 Å². The topological polar surface area (TPSA) is 68.8 Å². The number of carbonyl (C=O) groups excluding carboxylic acids is 1. The van der Waals surface area contributed by atoms with Crippen LogP contribution in [0.3, 0.4) is 0 Å². The molecule has 0 saturated carbocycles. The fourth-order valence-electron chi connectivity index (χ4n) is 2.69. The van der Waals surface area contributed by atoms with Gasteiger partial charge in [-0.15, -0.1) is 0 Å². The molecule has 1 aliphatic heterocycles. The normalized spacial score (nSPS) is 12.6. The first kappa shape index (κ1) is 20.3. The van der Waals surface area contributed by atoms with Gasteiger partial charge in [0, 0.05) is 18.3 Å². The van der Waals surface area contributed by atoms with E-state index in [1.54, 1.807) is 18.2 Å². The molecule has 2 aromatic carbocycles. The standard InChI is InChI=1S/C21H25BrN2O4/c1-21(2,3)14-5-7-17(16(22)11-14)26-10-4-9-23-20(25)24-15-6-8-18-19(12-15)28-13-27-18/h5-8,11-12H,4,9-10,13H2,1-3H3,(H2,23,24,25). The zero-order valence-corrected chi connectivity index (χ0v) is 17.9. The summed E-state index contributed by atoms with van der Waals surface area (Å²) in [5.74, 6) is 2.12. The molecule has 0 saturated heterocycles. The van der Waals surface area contributed by atoms with Crippen LogP contribution in [0.2, 0.25) is 0 Å². The molecule has 0 bridgehead atoms. The van der Waals surface area contributed by atoms with Gasteiger partial charge in [-0.05, 0) is 57.6 Å². The van der Waals surface area contributed by atoms with E-state index in [1.807, 2.05) is 6.07 Å². The fraction of sp³-hybridized carbons (Fsp3) is 0.381. The Balaban J connectivity index is 1.38. The quantitative estimate of drug-likeness (QED) is 0.605. The molecule has 6 nitrogen and oxygen atoms in total. The highest BCUT2D eigenvalue weighted by molar-refractivity contribution is 9.10. The van der Waals surface area contributed by atoms with Crippen molar-refractivity contribution >= 4 is 27.6 Å². The highest BCUT2D eigenvalue weighted by atomic mass is 79.9. The molecule has 2 N–H and O–H groups in total. The maximum atomic E-state index is 12.0. The number of rotatable bonds is 6. The SMILES string of the molecule is CC(C)(C)c1ccc(OCCCNC(=O)Nc2ccc3c(c2)OCO3)c(Br)c1. The van der Waals surface area contributed by atoms with Gasteiger partial charge in [0.2, 0.25) is 6.79 Å². The Kier molecular flexibility index (Phi) is 6.34. The van der Waals surface area contributed by atoms with Gasteiger partial charge in [0.15, 0.2) is 11.5 Å². The Morgan fingerprint density at radius 3 is 2.68 bits per heavy atom. The Labute approximate surface area is 173 Å². The Morgan fingerprint density at radius 1 is 1.14 bits per heavy atom. The maximum absolute atomic E-state index is 12.0. The number of hydrogen-bond acceptors (Lipinski definition) is 4. The fourth-order valence-corrected chi connectivity index (χ4v) is 3.18. The third kappa shape index (κ3) is 5.32. The lowest BCUT2D eigenvalue weighted by molar-refractivity contribution is 0.174. The minimum Gasteiger partial charge on any atom is -0.492 e. The van der Waals surface area contributed by atoms with E-state index in [2.05, 4.69) is 59.5 Å². The van der Waals surface area contributed by atoms with E-state index in [9.17, 15) is 4.79 Å². The summed E-state index contributed by atoms with van der Waals surface area (Å²) in [7, 11) is 0. The van der Waals surface area contributed by atoms with E-state index in [0.717, 1.165) is 10.2 Å². The van der Waals surface area contributed by atoms with Crippen LogP contribution in [0.5, 0.6) is 17.2 Å². The number of amides is 2. The van der Waals surface area contributed by atoms with Crippen LogP contribution in [-0.4, -0.2) is 26.0 Å². The highest BCUT2D eigenvalue weighted by Gasteiger charge is 2.16. The largest absolute Gasteiger partial charge is 0.492 e. The van der Waals surface area contributed by atoms with Gasteiger partial charge in [0.1, 0.15) is 5.75 Å². The molecule has 0 aliphatic carbocycles. The van der Waals surface area contributed by atoms with Crippen molar-refractivity contribution in [2.45, 2.75) is 32.6 Å². The first-order chi connectivity index (χ1) is 13.3. The second-order valence-electron chi connectivity index (χ2n) is 7.55. The number of anilines is 1. The molecule has 0 aromatic heterocycles. The maximum Gasteiger partial charge on any atom is 0.319 e. The third-order valence-electron chi connectivity index (χ3n) is 4.29. The van der Waals surface area contributed by atoms with Crippen molar-refractivity contribution in [3.05, 3.63) is 46.4 Å². The molecule has 150 valence electrons. The zero-order valence-electron chi connectivity index (χ0n) is 16.3. The van der Waals surface area contributed by atoms with Crippen molar-refractivity contribution in [3.63, 3.8) is 0 Å². The number of carbonyl (C=O) groups is 1. The van der Waals surface area contributed by atoms with Crippen LogP contribution in [0, 0.1) is 0 Å². The van der Waals surface area contributed by atoms with Crippen molar-refractivity contribution in [1.82, 2.24) is 5.32 Å². The minimum atomic E-state index is -0.269. The molecule has 3 rings (SSSR count). The molecule has 28 heavy (non-hydrogen) atoms. The summed E-state index contributed by atoms with van der Waals surface area (Å²) in [5.41, 5.74) is 1.99. The number of hydrogen-bond donors (Lipinski definition) is 2. The van der Waals surface area contributed by atoms with Gasteiger partial charge in [-0.2, -0.15) is 0 Å². The molecule has 7 heteroatoms. The number of halogens is 1. The molecule has 0 atom stereocenters. The molecule has 2 aromatic rings. The van der Waals surface area contributed by atoms with Crippen LogP contribution in [0.25, 0.3) is 0 Å². The smallest absolute Gasteiger partial charge is 0.319 e. The summed E-state index contributed by atoms with van der Waals surface area (Å²) in [6.45, 7) is 7.76. The van der Waals surface area contributed by atoms with Gasteiger partial charge in [-0.25, -0.2) is 4.79 Å². The Morgan fingerprint density at radius 2 is 1.93 bits per heavy atom. The second kappa shape index (κ2) is 8.73. The summed E-state index contributed by atoms with van der Waals surface area (Å²) >= 11 is 3.57. The molecule has 0 fully saturated rings. The number of fused-ring (bicyclic) bond motifs is 1. The van der Waals surface area contributed by atoms with Crippen molar-refractivity contribution in [2.75, 3.05) is 25.3 Å². The lowest BCUT2D eigenvalue weighted by Gasteiger charge is -2.20. The summed E-state index contributed by atoms with van der Waals surface area (Å²) in [6, 6.07) is 11.2. The average Bonchev–Trinajstić information content (AvgIpc) is 3.09. The predicted molar refractivity (Wildman–Crippen MR) is 113 cm³/mol. The lowest BCUT2D eigenvalue weighted by Crippen LogP contribution is -2.30. The second-order valence-corrected chi connectivity index (χ2v) is 8.40.